The molecule has 12 heteroatoms. The van der Waals surface area contributed by atoms with Gasteiger partial charge in [-0.25, -0.2) is 13.6 Å². The largest absolute Gasteiger partial charge is 0.497 e. The highest BCUT2D eigenvalue weighted by molar-refractivity contribution is 6.05. The summed E-state index contributed by atoms with van der Waals surface area (Å²) in [7, 11) is 1.51. The van der Waals surface area contributed by atoms with Crippen LogP contribution >= 0.6 is 0 Å². The van der Waals surface area contributed by atoms with E-state index >= 15 is 0 Å². The van der Waals surface area contributed by atoms with Crippen molar-refractivity contribution in [2.24, 2.45) is 0 Å². The zero-order valence-electron chi connectivity index (χ0n) is 29.2. The minimum absolute atomic E-state index is 0.000656. The van der Waals surface area contributed by atoms with E-state index in [1.165, 1.54) is 37.1 Å². The Labute approximate surface area is 296 Å². The van der Waals surface area contributed by atoms with Crippen LogP contribution in [-0.2, 0) is 17.7 Å². The molecule has 0 saturated heterocycles. The molecule has 4 rings (SSSR count). The van der Waals surface area contributed by atoms with Gasteiger partial charge in [-0.05, 0) is 105 Å². The lowest BCUT2D eigenvalue weighted by Crippen LogP contribution is -2.51. The van der Waals surface area contributed by atoms with Crippen LogP contribution in [0.2, 0.25) is 0 Å². The number of aliphatic hydroxyl groups excluding tert-OH is 2. The van der Waals surface area contributed by atoms with E-state index in [2.05, 4.69) is 10.6 Å². The zero-order chi connectivity index (χ0) is 37.3. The van der Waals surface area contributed by atoms with Gasteiger partial charge in [-0.1, -0.05) is 30.3 Å². The summed E-state index contributed by atoms with van der Waals surface area (Å²) in [5.41, 5.74) is 0.891. The lowest BCUT2D eigenvalue weighted by atomic mass is 9.99. The normalized spacial score (nSPS) is 13.0. The van der Waals surface area contributed by atoms with Crippen LogP contribution in [0.3, 0.4) is 0 Å². The van der Waals surface area contributed by atoms with Crippen molar-refractivity contribution in [3.05, 3.63) is 130 Å². The Morgan fingerprint density at radius 2 is 1.51 bits per heavy atom. The molecule has 3 atom stereocenters. The second kappa shape index (κ2) is 17.1. The van der Waals surface area contributed by atoms with E-state index in [-0.39, 0.29) is 36.3 Å². The molecule has 51 heavy (non-hydrogen) atoms. The van der Waals surface area contributed by atoms with Gasteiger partial charge in [0.25, 0.3) is 11.8 Å². The van der Waals surface area contributed by atoms with Gasteiger partial charge in [0.1, 0.15) is 23.0 Å². The van der Waals surface area contributed by atoms with Crippen molar-refractivity contribution in [3.63, 3.8) is 0 Å². The number of carbonyl (C=O) groups excluding carboxylic acids is 3. The van der Waals surface area contributed by atoms with Crippen molar-refractivity contribution in [2.75, 3.05) is 19.0 Å². The van der Waals surface area contributed by atoms with Gasteiger partial charge in [0, 0.05) is 29.4 Å². The van der Waals surface area contributed by atoms with Crippen molar-refractivity contribution >= 4 is 23.6 Å². The maximum Gasteiger partial charge on any atom is 0.410 e. The highest BCUT2D eigenvalue weighted by atomic mass is 19.1. The number of aliphatic hydroxyl groups is 2. The molecule has 0 saturated carbocycles. The van der Waals surface area contributed by atoms with Gasteiger partial charge in [-0.2, -0.15) is 0 Å². The van der Waals surface area contributed by atoms with Gasteiger partial charge in [-0.15, -0.1) is 0 Å². The predicted octanol–water partition coefficient (Wildman–Crippen LogP) is 6.42. The molecule has 0 heterocycles. The maximum absolute atomic E-state index is 14.2. The number of amides is 3. The summed E-state index contributed by atoms with van der Waals surface area (Å²) >= 11 is 0. The number of methoxy groups -OCH3 is 1. The molecular weight excluding hydrogens is 660 g/mol. The summed E-state index contributed by atoms with van der Waals surface area (Å²) in [6, 6.07) is 21.5. The van der Waals surface area contributed by atoms with Crippen molar-refractivity contribution in [3.8, 4) is 5.75 Å². The number of hydrogen-bond acceptors (Lipinski definition) is 7. The van der Waals surface area contributed by atoms with Gasteiger partial charge in [0.05, 0.1) is 31.9 Å². The number of ether oxygens (including phenoxy) is 2. The van der Waals surface area contributed by atoms with E-state index in [0.717, 1.165) is 12.1 Å². The maximum atomic E-state index is 14.2. The third-order valence-corrected chi connectivity index (χ3v) is 7.72. The Hall–Kier alpha value is -5.33. The summed E-state index contributed by atoms with van der Waals surface area (Å²) in [4.78, 5) is 41.4. The standard InChI is InChI=1S/C39H43F2N3O7/c1-24(45)28-18-29(20-32(19-28)42-36(47)27-11-7-6-8-12-27)37(48)43-34(17-26-14-30(40)21-31(41)15-26)35(46)23-44(38(49)51-39(2,3)4)22-25-10-9-13-33(16-25)50-5/h6-16,18-21,24,34-35,45-46H,17,22-23H2,1-5H3,(H,42,47)(H,43,48)/t24?,34-,35+/m0/s1. The number of nitrogens with one attached hydrogen (secondary N) is 2. The van der Waals surface area contributed by atoms with E-state index in [0.29, 0.717) is 28.5 Å². The molecule has 0 fully saturated rings. The van der Waals surface area contributed by atoms with Crippen LogP contribution < -0.4 is 15.4 Å². The van der Waals surface area contributed by atoms with Gasteiger partial charge >= 0.3 is 6.09 Å². The Morgan fingerprint density at radius 3 is 2.14 bits per heavy atom. The van der Waals surface area contributed by atoms with Gasteiger partial charge in [0.15, 0.2) is 0 Å². The molecule has 1 unspecified atom stereocenters. The van der Waals surface area contributed by atoms with E-state index in [9.17, 15) is 33.4 Å². The molecule has 0 aliphatic rings. The smallest absolute Gasteiger partial charge is 0.410 e. The fourth-order valence-corrected chi connectivity index (χ4v) is 5.28. The predicted molar refractivity (Wildman–Crippen MR) is 188 cm³/mol. The summed E-state index contributed by atoms with van der Waals surface area (Å²) < 4.78 is 39.4. The van der Waals surface area contributed by atoms with Crippen molar-refractivity contribution in [2.45, 2.75) is 64.5 Å². The highest BCUT2D eigenvalue weighted by Crippen LogP contribution is 2.23. The molecule has 0 radical (unpaired) electrons. The number of halogens is 2. The van der Waals surface area contributed by atoms with Crippen LogP contribution in [-0.4, -0.2) is 64.4 Å². The van der Waals surface area contributed by atoms with Crippen LogP contribution in [0.1, 0.15) is 71.2 Å². The van der Waals surface area contributed by atoms with Crippen molar-refractivity contribution in [1.29, 1.82) is 0 Å². The van der Waals surface area contributed by atoms with Crippen LogP contribution in [0, 0.1) is 11.6 Å². The third-order valence-electron chi connectivity index (χ3n) is 7.72. The molecule has 0 aliphatic heterocycles. The topological polar surface area (TPSA) is 137 Å². The minimum Gasteiger partial charge on any atom is -0.497 e. The van der Waals surface area contributed by atoms with Crippen LogP contribution in [0.25, 0.3) is 0 Å². The minimum atomic E-state index is -1.48. The molecule has 0 aliphatic carbocycles. The lowest BCUT2D eigenvalue weighted by molar-refractivity contribution is 0.00836. The molecule has 4 N–H and O–H groups in total. The van der Waals surface area contributed by atoms with Crippen LogP contribution in [0.4, 0.5) is 19.3 Å². The number of benzene rings is 4. The molecule has 3 amide bonds. The molecule has 4 aromatic carbocycles. The SMILES string of the molecule is COc1cccc(CN(C[C@@H](O)[C@H](Cc2cc(F)cc(F)c2)NC(=O)c2cc(NC(=O)c3ccccc3)cc(C(C)O)c2)C(=O)OC(C)(C)C)c1. The first kappa shape index (κ1) is 38.5. The quantitative estimate of drug-likeness (QED) is 0.126. The molecule has 0 bridgehead atoms. The van der Waals surface area contributed by atoms with E-state index in [4.69, 9.17) is 9.47 Å². The Kier molecular flexibility index (Phi) is 12.9. The average Bonchev–Trinajstić information content (AvgIpc) is 3.06. The highest BCUT2D eigenvalue weighted by Gasteiger charge is 2.30. The van der Waals surface area contributed by atoms with Gasteiger partial charge in [-0.3, -0.25) is 9.59 Å². The number of carbonyl (C=O) groups is 3. The Balaban J connectivity index is 1.66. The monoisotopic (exact) mass is 703 g/mol. The fourth-order valence-electron chi connectivity index (χ4n) is 5.28. The van der Waals surface area contributed by atoms with Gasteiger partial charge < -0.3 is 35.2 Å². The average molecular weight is 704 g/mol. The molecule has 0 spiro atoms. The van der Waals surface area contributed by atoms with Crippen LogP contribution in [0.5, 0.6) is 5.75 Å². The molecule has 4 aromatic rings. The number of anilines is 1. The second-order valence-electron chi connectivity index (χ2n) is 13.2. The second-order valence-corrected chi connectivity index (χ2v) is 13.2. The van der Waals surface area contributed by atoms with Crippen molar-refractivity contribution < 1.29 is 42.9 Å². The first-order chi connectivity index (χ1) is 24.1. The third kappa shape index (κ3) is 11.6. The van der Waals surface area contributed by atoms with E-state index in [1.54, 1.807) is 75.4 Å². The zero-order valence-corrected chi connectivity index (χ0v) is 29.2. The fraction of sp³-hybridized carbons (Fsp3) is 0.308. The number of hydrogen-bond donors (Lipinski definition) is 4. The van der Waals surface area contributed by atoms with Crippen molar-refractivity contribution in [1.82, 2.24) is 10.2 Å². The van der Waals surface area contributed by atoms with Crippen LogP contribution in [0.15, 0.2) is 91.0 Å². The summed E-state index contributed by atoms with van der Waals surface area (Å²) in [6.07, 6.45) is -3.46. The molecule has 270 valence electrons. The van der Waals surface area contributed by atoms with E-state index < -0.39 is 53.4 Å². The summed E-state index contributed by atoms with van der Waals surface area (Å²) in [5.74, 6) is -2.30. The molecule has 10 nitrogen and oxygen atoms in total. The van der Waals surface area contributed by atoms with E-state index in [1.807, 2.05) is 0 Å². The summed E-state index contributed by atoms with van der Waals surface area (Å²) in [6.45, 7) is 6.25. The van der Waals surface area contributed by atoms with Gasteiger partial charge in [0.2, 0.25) is 0 Å². The summed E-state index contributed by atoms with van der Waals surface area (Å²) in [5, 5.41) is 27.5. The number of rotatable bonds is 13. The first-order valence-corrected chi connectivity index (χ1v) is 16.3. The Bertz CT molecular complexity index is 1810. The first-order valence-electron chi connectivity index (χ1n) is 16.3. The lowest BCUT2D eigenvalue weighted by Gasteiger charge is -2.32. The number of nitrogens with zero attached hydrogens (tertiary/aromatic N) is 1. The molecular formula is C39H43F2N3O7. The Morgan fingerprint density at radius 1 is 0.824 bits per heavy atom. The molecule has 0 aromatic heterocycles.